The maximum Gasteiger partial charge on any atom is 0.252 e. The molecule has 0 unspecified atom stereocenters. The molecule has 3 rings (SSSR count). The molecule has 2 saturated heterocycles. The first-order valence-corrected chi connectivity index (χ1v) is 12.4. The lowest BCUT2D eigenvalue weighted by molar-refractivity contribution is 0.0941. The molecule has 0 spiro atoms. The zero-order chi connectivity index (χ0) is 20.1. The molecule has 2 fully saturated rings. The van der Waals surface area contributed by atoms with Crippen molar-refractivity contribution in [2.45, 2.75) is 4.90 Å². The second kappa shape index (κ2) is 9.77. The van der Waals surface area contributed by atoms with Crippen LogP contribution in [0.25, 0.3) is 0 Å². The van der Waals surface area contributed by atoms with Crippen LogP contribution in [0.15, 0.2) is 23.1 Å². The Balaban J connectivity index is 1.63. The topological polar surface area (TPSA) is 73.0 Å². The van der Waals surface area contributed by atoms with E-state index in [1.165, 1.54) is 22.5 Å². The van der Waals surface area contributed by atoms with E-state index in [2.05, 4.69) is 22.2 Å². The van der Waals surface area contributed by atoms with Gasteiger partial charge in [-0.2, -0.15) is 16.1 Å². The molecule has 0 aromatic heterocycles. The molecule has 1 N–H and O–H groups in total. The zero-order valence-electron chi connectivity index (χ0n) is 16.1. The van der Waals surface area contributed by atoms with Crippen LogP contribution in [0.4, 0.5) is 0 Å². The molecule has 0 radical (unpaired) electrons. The molecule has 0 aliphatic carbocycles. The largest absolute Gasteiger partial charge is 0.351 e. The number of amides is 1. The van der Waals surface area contributed by atoms with Crippen LogP contribution >= 0.6 is 23.4 Å². The Kier molecular flexibility index (Phi) is 7.63. The maximum absolute atomic E-state index is 12.9. The number of thioether (sulfide) groups is 1. The van der Waals surface area contributed by atoms with Gasteiger partial charge in [-0.15, -0.1) is 0 Å². The molecule has 1 aromatic carbocycles. The summed E-state index contributed by atoms with van der Waals surface area (Å²) in [5.74, 6) is 1.23. The summed E-state index contributed by atoms with van der Waals surface area (Å²) in [5, 5.41) is 3.12. The highest BCUT2D eigenvalue weighted by atomic mass is 35.5. The summed E-state index contributed by atoms with van der Waals surface area (Å²) >= 11 is 7.93. The van der Waals surface area contributed by atoms with Gasteiger partial charge in [-0.3, -0.25) is 9.69 Å². The van der Waals surface area contributed by atoms with Gasteiger partial charge in [0.25, 0.3) is 5.91 Å². The number of benzene rings is 1. The highest BCUT2D eigenvalue weighted by Gasteiger charge is 2.27. The van der Waals surface area contributed by atoms with Crippen molar-refractivity contribution in [3.63, 3.8) is 0 Å². The predicted molar refractivity (Wildman–Crippen MR) is 114 cm³/mol. The van der Waals surface area contributed by atoms with Crippen molar-refractivity contribution < 1.29 is 13.2 Å². The summed E-state index contributed by atoms with van der Waals surface area (Å²) < 4.78 is 27.2. The Labute approximate surface area is 176 Å². The van der Waals surface area contributed by atoms with E-state index in [0.717, 1.165) is 44.2 Å². The Morgan fingerprint density at radius 3 is 2.50 bits per heavy atom. The van der Waals surface area contributed by atoms with Gasteiger partial charge < -0.3 is 10.2 Å². The molecule has 10 heteroatoms. The molecule has 2 aliphatic heterocycles. The average molecular weight is 447 g/mol. The quantitative estimate of drug-likeness (QED) is 0.704. The van der Waals surface area contributed by atoms with Crippen LogP contribution in [0.3, 0.4) is 0 Å². The van der Waals surface area contributed by atoms with Crippen LogP contribution in [-0.4, -0.2) is 99.3 Å². The highest BCUT2D eigenvalue weighted by Crippen LogP contribution is 2.24. The van der Waals surface area contributed by atoms with E-state index in [9.17, 15) is 13.2 Å². The van der Waals surface area contributed by atoms with Crippen molar-refractivity contribution in [3.8, 4) is 0 Å². The lowest BCUT2D eigenvalue weighted by Crippen LogP contribution is -2.46. The summed E-state index contributed by atoms with van der Waals surface area (Å²) in [6, 6.07) is 4.35. The number of sulfonamides is 1. The van der Waals surface area contributed by atoms with Crippen molar-refractivity contribution in [3.05, 3.63) is 28.8 Å². The first-order chi connectivity index (χ1) is 13.4. The molecule has 2 heterocycles. The van der Waals surface area contributed by atoms with Gasteiger partial charge in [0.05, 0.1) is 15.5 Å². The van der Waals surface area contributed by atoms with Crippen LogP contribution in [0.5, 0.6) is 0 Å². The number of piperazine rings is 1. The van der Waals surface area contributed by atoms with E-state index in [4.69, 9.17) is 11.6 Å². The smallest absolute Gasteiger partial charge is 0.252 e. The number of hydrogen-bond donors (Lipinski definition) is 1. The summed E-state index contributed by atoms with van der Waals surface area (Å²) in [6.45, 7) is 6.25. The summed E-state index contributed by atoms with van der Waals surface area (Å²) in [5.41, 5.74) is 0.201. The molecule has 0 saturated carbocycles. The van der Waals surface area contributed by atoms with Crippen LogP contribution in [0, 0.1) is 0 Å². The normalized spacial score (nSPS) is 20.2. The van der Waals surface area contributed by atoms with Gasteiger partial charge in [0.2, 0.25) is 10.0 Å². The van der Waals surface area contributed by atoms with Crippen molar-refractivity contribution in [1.82, 2.24) is 19.4 Å². The number of carbonyl (C=O) groups is 1. The number of nitrogens with zero attached hydrogens (tertiary/aromatic N) is 3. The van der Waals surface area contributed by atoms with Crippen LogP contribution < -0.4 is 5.32 Å². The molecular formula is C18H27ClN4O3S2. The molecule has 1 amide bonds. The fourth-order valence-electron chi connectivity index (χ4n) is 3.27. The molecule has 7 nitrogen and oxygen atoms in total. The Bertz CT molecular complexity index is 792. The van der Waals surface area contributed by atoms with E-state index in [-0.39, 0.29) is 21.4 Å². The maximum atomic E-state index is 12.9. The monoisotopic (exact) mass is 446 g/mol. The molecule has 28 heavy (non-hydrogen) atoms. The molecule has 0 atom stereocenters. The fourth-order valence-corrected chi connectivity index (χ4v) is 6.07. The molecule has 156 valence electrons. The van der Waals surface area contributed by atoms with E-state index >= 15 is 0 Å². The minimum Gasteiger partial charge on any atom is -0.351 e. The third kappa shape index (κ3) is 5.40. The van der Waals surface area contributed by atoms with E-state index < -0.39 is 10.0 Å². The SMILES string of the molecule is CN1CCN(CCNC(=O)c2cc(S(=O)(=O)N3CCSCC3)ccc2Cl)CC1. The molecule has 0 bridgehead atoms. The number of nitrogens with one attached hydrogen (secondary N) is 1. The van der Waals surface area contributed by atoms with Crippen LogP contribution in [0.1, 0.15) is 10.4 Å². The molecular weight excluding hydrogens is 420 g/mol. The van der Waals surface area contributed by atoms with Gasteiger partial charge >= 0.3 is 0 Å². The third-order valence-corrected chi connectivity index (χ3v) is 8.27. The first kappa shape index (κ1) is 21.9. The van der Waals surface area contributed by atoms with Crippen LogP contribution in [0.2, 0.25) is 5.02 Å². The Morgan fingerprint density at radius 1 is 1.14 bits per heavy atom. The first-order valence-electron chi connectivity index (χ1n) is 9.44. The number of hydrogen-bond acceptors (Lipinski definition) is 6. The molecule has 1 aromatic rings. The van der Waals surface area contributed by atoms with Gasteiger partial charge in [-0.05, 0) is 25.2 Å². The van der Waals surface area contributed by atoms with Gasteiger partial charge in [0.1, 0.15) is 0 Å². The number of carbonyl (C=O) groups excluding carboxylic acids is 1. The summed E-state index contributed by atoms with van der Waals surface area (Å²) in [7, 11) is -1.51. The van der Waals surface area contributed by atoms with Gasteiger partial charge in [-0.25, -0.2) is 8.42 Å². The summed E-state index contributed by atoms with van der Waals surface area (Å²) in [4.78, 5) is 17.3. The Hall–Kier alpha value is -0.840. The lowest BCUT2D eigenvalue weighted by atomic mass is 10.2. The fraction of sp³-hybridized carbons (Fsp3) is 0.611. The Morgan fingerprint density at radius 2 is 1.82 bits per heavy atom. The van der Waals surface area contributed by atoms with Gasteiger partial charge in [-0.1, -0.05) is 11.6 Å². The van der Waals surface area contributed by atoms with Crippen molar-refractivity contribution in [2.24, 2.45) is 0 Å². The lowest BCUT2D eigenvalue weighted by Gasteiger charge is -2.32. The minimum atomic E-state index is -3.61. The summed E-state index contributed by atoms with van der Waals surface area (Å²) in [6.07, 6.45) is 0. The van der Waals surface area contributed by atoms with Crippen molar-refractivity contribution >= 4 is 39.3 Å². The number of halogens is 1. The molecule has 2 aliphatic rings. The minimum absolute atomic E-state index is 0.119. The van der Waals surface area contributed by atoms with E-state index in [0.29, 0.717) is 19.6 Å². The number of rotatable bonds is 6. The third-order valence-electron chi connectivity index (χ3n) is 5.10. The van der Waals surface area contributed by atoms with Crippen molar-refractivity contribution in [2.75, 3.05) is 70.9 Å². The number of likely N-dealkylation sites (N-methyl/N-ethyl adjacent to an activating group) is 1. The second-order valence-electron chi connectivity index (χ2n) is 7.06. The second-order valence-corrected chi connectivity index (χ2v) is 10.6. The average Bonchev–Trinajstić information content (AvgIpc) is 2.70. The van der Waals surface area contributed by atoms with Gasteiger partial charge in [0.15, 0.2) is 0 Å². The van der Waals surface area contributed by atoms with E-state index in [1.54, 1.807) is 11.8 Å². The predicted octanol–water partition coefficient (Wildman–Crippen LogP) is 1.05. The van der Waals surface area contributed by atoms with Gasteiger partial charge in [0, 0.05) is 63.9 Å². The van der Waals surface area contributed by atoms with Crippen molar-refractivity contribution in [1.29, 1.82) is 0 Å². The van der Waals surface area contributed by atoms with E-state index in [1.807, 2.05) is 0 Å². The van der Waals surface area contributed by atoms with Crippen LogP contribution in [-0.2, 0) is 10.0 Å². The zero-order valence-corrected chi connectivity index (χ0v) is 18.5. The highest BCUT2D eigenvalue weighted by molar-refractivity contribution is 7.99. The standard InChI is InChI=1S/C18H27ClN4O3S2/c1-21-6-8-22(9-7-21)5-4-20-18(24)16-14-15(2-3-17(16)19)28(25,26)23-10-12-27-13-11-23/h2-3,14H,4-13H2,1H3,(H,20,24).